The topological polar surface area (TPSA) is 34.1 Å². The van der Waals surface area contributed by atoms with Gasteiger partial charge >= 0.3 is 0 Å². The van der Waals surface area contributed by atoms with Crippen LogP contribution in [0.2, 0.25) is 0 Å². The molecule has 0 bridgehead atoms. The lowest BCUT2D eigenvalue weighted by Gasteiger charge is -2.22. The molecule has 1 aliphatic heterocycles. The maximum Gasteiger partial charge on any atom is 0.274 e. The van der Waals surface area contributed by atoms with Crippen LogP contribution in [0, 0.1) is 5.92 Å². The van der Waals surface area contributed by atoms with Gasteiger partial charge in [-0.3, -0.25) is 0 Å². The smallest absolute Gasteiger partial charge is 0.274 e. The summed E-state index contributed by atoms with van der Waals surface area (Å²) < 4.78 is 6.98. The number of thiazole rings is 1. The maximum absolute atomic E-state index is 5.77. The molecule has 1 aromatic carbocycles. The van der Waals surface area contributed by atoms with Gasteiger partial charge in [0.1, 0.15) is 0 Å². The molecule has 2 heterocycles. The van der Waals surface area contributed by atoms with Crippen molar-refractivity contribution in [2.75, 3.05) is 19.7 Å². The van der Waals surface area contributed by atoms with E-state index in [1.54, 1.807) is 11.3 Å². The van der Waals surface area contributed by atoms with Crippen LogP contribution in [-0.2, 0) is 0 Å². The molecule has 0 saturated carbocycles. The largest absolute Gasteiger partial charge is 0.470 e. The second kappa shape index (κ2) is 6.35. The van der Waals surface area contributed by atoms with Gasteiger partial charge in [0.15, 0.2) is 0 Å². The minimum absolute atomic E-state index is 0.795. The third kappa shape index (κ3) is 3.45. The summed E-state index contributed by atoms with van der Waals surface area (Å²) >= 11 is 1.64. The number of hydrogen-bond donors (Lipinski definition) is 1. The van der Waals surface area contributed by atoms with Gasteiger partial charge in [0, 0.05) is 0 Å². The number of nitrogens with one attached hydrogen (secondary N) is 1. The molecule has 3 rings (SSSR count). The number of rotatable bonds is 5. The number of benzene rings is 1. The molecular formula is C15H20N2OS. The fourth-order valence-electron chi connectivity index (χ4n) is 2.61. The van der Waals surface area contributed by atoms with E-state index in [0.29, 0.717) is 0 Å². The molecule has 3 nitrogen and oxygen atoms in total. The van der Waals surface area contributed by atoms with Crippen molar-refractivity contribution < 1.29 is 4.74 Å². The van der Waals surface area contributed by atoms with Crippen molar-refractivity contribution in [3.05, 3.63) is 24.3 Å². The molecule has 1 aliphatic rings. The summed E-state index contributed by atoms with van der Waals surface area (Å²) in [6.07, 6.45) is 5.06. The van der Waals surface area contributed by atoms with Gasteiger partial charge in [0.25, 0.3) is 5.19 Å². The van der Waals surface area contributed by atoms with Gasteiger partial charge in [-0.1, -0.05) is 23.5 Å². The van der Waals surface area contributed by atoms with Gasteiger partial charge in [0.2, 0.25) is 0 Å². The normalized spacial score (nSPS) is 16.8. The lowest BCUT2D eigenvalue weighted by atomic mass is 9.93. The molecule has 19 heavy (non-hydrogen) atoms. The van der Waals surface area contributed by atoms with Gasteiger partial charge in [-0.25, -0.2) is 4.98 Å². The Morgan fingerprint density at radius 2 is 2.11 bits per heavy atom. The Morgan fingerprint density at radius 1 is 1.26 bits per heavy atom. The predicted octanol–water partition coefficient (Wildman–Crippen LogP) is 3.45. The van der Waals surface area contributed by atoms with E-state index in [2.05, 4.69) is 16.4 Å². The van der Waals surface area contributed by atoms with Gasteiger partial charge in [0.05, 0.1) is 16.8 Å². The van der Waals surface area contributed by atoms with Crippen LogP contribution in [0.25, 0.3) is 10.2 Å². The zero-order chi connectivity index (χ0) is 12.9. The van der Waals surface area contributed by atoms with Gasteiger partial charge in [-0.2, -0.15) is 0 Å². The van der Waals surface area contributed by atoms with E-state index in [-0.39, 0.29) is 0 Å². The number of ether oxygens (including phenoxy) is 1. The first-order valence-electron chi connectivity index (χ1n) is 7.11. The van der Waals surface area contributed by atoms with Crippen LogP contribution in [0.15, 0.2) is 24.3 Å². The average Bonchev–Trinajstić information content (AvgIpc) is 2.87. The van der Waals surface area contributed by atoms with E-state index in [0.717, 1.165) is 29.7 Å². The molecule has 0 atom stereocenters. The number of fused-ring (bicyclic) bond motifs is 1. The molecular weight excluding hydrogens is 256 g/mol. The van der Waals surface area contributed by atoms with E-state index >= 15 is 0 Å². The second-order valence-corrected chi connectivity index (χ2v) is 6.12. The number of aromatic nitrogens is 1. The number of piperidine rings is 1. The van der Waals surface area contributed by atoms with E-state index in [4.69, 9.17) is 4.74 Å². The lowest BCUT2D eigenvalue weighted by molar-refractivity contribution is 0.273. The van der Waals surface area contributed by atoms with Crippen molar-refractivity contribution in [1.29, 1.82) is 0 Å². The van der Waals surface area contributed by atoms with Gasteiger partial charge in [-0.15, -0.1) is 0 Å². The van der Waals surface area contributed by atoms with Crippen LogP contribution in [-0.4, -0.2) is 24.7 Å². The summed E-state index contributed by atoms with van der Waals surface area (Å²) in [5.41, 5.74) is 1.04. The van der Waals surface area contributed by atoms with Crippen molar-refractivity contribution in [1.82, 2.24) is 10.3 Å². The highest BCUT2D eigenvalue weighted by atomic mass is 32.1. The fraction of sp³-hybridized carbons (Fsp3) is 0.533. The number of hydrogen-bond acceptors (Lipinski definition) is 4. The van der Waals surface area contributed by atoms with Crippen LogP contribution in [0.4, 0.5) is 0 Å². The molecule has 0 spiro atoms. The Balaban J connectivity index is 1.44. The summed E-state index contributed by atoms with van der Waals surface area (Å²) in [4.78, 5) is 4.48. The number of para-hydroxylation sites is 1. The monoisotopic (exact) mass is 276 g/mol. The summed E-state index contributed by atoms with van der Waals surface area (Å²) in [6.45, 7) is 3.16. The second-order valence-electron chi connectivity index (χ2n) is 5.13. The third-order valence-electron chi connectivity index (χ3n) is 3.72. The Morgan fingerprint density at radius 3 is 2.95 bits per heavy atom. The lowest BCUT2D eigenvalue weighted by Crippen LogP contribution is -2.27. The minimum atomic E-state index is 0.795. The molecule has 1 N–H and O–H groups in total. The zero-order valence-corrected chi connectivity index (χ0v) is 11.9. The molecule has 1 aromatic heterocycles. The standard InChI is InChI=1S/C15H20N2OS/c1-2-6-14-13(5-1)17-15(19-14)18-11-3-4-12-7-9-16-10-8-12/h1-2,5-6,12,16H,3-4,7-11H2. The van der Waals surface area contributed by atoms with Crippen LogP contribution >= 0.6 is 11.3 Å². The summed E-state index contributed by atoms with van der Waals surface area (Å²) in [7, 11) is 0. The molecule has 1 saturated heterocycles. The first-order valence-corrected chi connectivity index (χ1v) is 7.92. The molecule has 1 fully saturated rings. The summed E-state index contributed by atoms with van der Waals surface area (Å²) in [5.74, 6) is 0.889. The molecule has 0 aliphatic carbocycles. The Hall–Kier alpha value is -1.13. The van der Waals surface area contributed by atoms with E-state index < -0.39 is 0 Å². The van der Waals surface area contributed by atoms with Crippen LogP contribution < -0.4 is 10.1 Å². The van der Waals surface area contributed by atoms with Crippen LogP contribution in [0.5, 0.6) is 5.19 Å². The quantitative estimate of drug-likeness (QED) is 0.849. The van der Waals surface area contributed by atoms with Crippen molar-refractivity contribution >= 4 is 21.6 Å². The van der Waals surface area contributed by atoms with Crippen molar-refractivity contribution in [2.45, 2.75) is 25.7 Å². The number of nitrogens with zero attached hydrogens (tertiary/aromatic N) is 1. The maximum atomic E-state index is 5.77. The van der Waals surface area contributed by atoms with Gasteiger partial charge < -0.3 is 10.1 Å². The van der Waals surface area contributed by atoms with Crippen LogP contribution in [0.1, 0.15) is 25.7 Å². The van der Waals surface area contributed by atoms with Gasteiger partial charge in [-0.05, 0) is 56.8 Å². The van der Waals surface area contributed by atoms with Crippen molar-refractivity contribution in [3.8, 4) is 5.19 Å². The van der Waals surface area contributed by atoms with E-state index in [1.807, 2.05) is 18.2 Å². The SMILES string of the molecule is c1ccc2sc(OCCCC3CCNCC3)nc2c1. The van der Waals surface area contributed by atoms with E-state index in [9.17, 15) is 0 Å². The Kier molecular flexibility index (Phi) is 4.30. The predicted molar refractivity (Wildman–Crippen MR) is 79.9 cm³/mol. The highest BCUT2D eigenvalue weighted by Crippen LogP contribution is 2.27. The molecule has 0 radical (unpaired) electrons. The highest BCUT2D eigenvalue weighted by molar-refractivity contribution is 7.20. The molecule has 0 amide bonds. The molecule has 4 heteroatoms. The summed E-state index contributed by atoms with van der Waals surface area (Å²) in [6, 6.07) is 8.19. The fourth-order valence-corrected chi connectivity index (χ4v) is 3.45. The van der Waals surface area contributed by atoms with Crippen molar-refractivity contribution in [2.24, 2.45) is 5.92 Å². The van der Waals surface area contributed by atoms with E-state index in [1.165, 1.54) is 37.1 Å². The first-order chi connectivity index (χ1) is 9.42. The molecule has 2 aromatic rings. The average molecular weight is 276 g/mol. The van der Waals surface area contributed by atoms with Crippen molar-refractivity contribution in [3.63, 3.8) is 0 Å². The first kappa shape index (κ1) is 12.9. The highest BCUT2D eigenvalue weighted by Gasteiger charge is 2.12. The summed E-state index contributed by atoms with van der Waals surface area (Å²) in [5, 5.41) is 4.22. The molecule has 0 unspecified atom stereocenters. The van der Waals surface area contributed by atoms with Crippen LogP contribution in [0.3, 0.4) is 0 Å². The third-order valence-corrected chi connectivity index (χ3v) is 4.66. The Bertz CT molecular complexity index is 487. The Labute approximate surface area is 118 Å². The minimum Gasteiger partial charge on any atom is -0.470 e. The zero-order valence-electron chi connectivity index (χ0n) is 11.1. The molecule has 102 valence electrons.